The summed E-state index contributed by atoms with van der Waals surface area (Å²) < 4.78 is 0.858. The Labute approximate surface area is 155 Å². The van der Waals surface area contributed by atoms with Crippen molar-refractivity contribution < 1.29 is 15.0 Å². The Kier molecular flexibility index (Phi) is 6.81. The highest BCUT2D eigenvalue weighted by Gasteiger charge is 2.21. The molecule has 126 valence electrons. The van der Waals surface area contributed by atoms with Gasteiger partial charge in [-0.3, -0.25) is 4.79 Å². The van der Waals surface area contributed by atoms with Crippen LogP contribution < -0.4 is 0 Å². The Hall–Kier alpha value is -1.86. The summed E-state index contributed by atoms with van der Waals surface area (Å²) in [4.78, 5) is 14.2. The molecule has 24 heavy (non-hydrogen) atoms. The molecule has 1 amide bonds. The van der Waals surface area contributed by atoms with Crippen molar-refractivity contribution >= 4 is 28.5 Å². The number of aliphatic hydroxyl groups excluding tert-OH is 1. The van der Waals surface area contributed by atoms with Crippen molar-refractivity contribution in [2.45, 2.75) is 12.5 Å². The highest BCUT2D eigenvalue weighted by atomic mass is 127. The van der Waals surface area contributed by atoms with Crippen LogP contribution in [0.5, 0.6) is 5.75 Å². The van der Waals surface area contributed by atoms with Crippen LogP contribution in [0.3, 0.4) is 0 Å². The molecule has 5 heteroatoms. The van der Waals surface area contributed by atoms with Crippen LogP contribution in [-0.2, 0) is 6.42 Å². The summed E-state index contributed by atoms with van der Waals surface area (Å²) in [6, 6.07) is 14.5. The molecule has 0 saturated heterocycles. The van der Waals surface area contributed by atoms with Crippen molar-refractivity contribution in [2.75, 3.05) is 13.1 Å². The van der Waals surface area contributed by atoms with Gasteiger partial charge in [0, 0.05) is 23.1 Å². The monoisotopic (exact) mass is 437 g/mol. The molecule has 2 rings (SSSR count). The van der Waals surface area contributed by atoms with Crippen molar-refractivity contribution in [3.63, 3.8) is 0 Å². The summed E-state index contributed by atoms with van der Waals surface area (Å²) in [5.41, 5.74) is 1.24. The van der Waals surface area contributed by atoms with E-state index in [1.165, 1.54) is 11.0 Å². The van der Waals surface area contributed by atoms with Crippen LogP contribution in [0.1, 0.15) is 15.9 Å². The summed E-state index contributed by atoms with van der Waals surface area (Å²) in [5.74, 6) is -0.384. The number of amides is 1. The average Bonchev–Trinajstić information content (AvgIpc) is 2.57. The van der Waals surface area contributed by atoms with E-state index in [9.17, 15) is 15.0 Å². The number of carbonyl (C=O) groups excluding carboxylic acids is 1. The molecule has 1 unspecified atom stereocenters. The Bertz CT molecular complexity index is 703. The molecular formula is C19H20INO3. The minimum absolute atomic E-state index is 0.0629. The maximum absolute atomic E-state index is 12.7. The van der Waals surface area contributed by atoms with E-state index in [1.54, 1.807) is 18.2 Å². The number of aliphatic hydroxyl groups is 1. The van der Waals surface area contributed by atoms with Gasteiger partial charge in [-0.2, -0.15) is 0 Å². The van der Waals surface area contributed by atoms with E-state index in [2.05, 4.69) is 29.2 Å². The van der Waals surface area contributed by atoms with E-state index < -0.39 is 6.10 Å². The summed E-state index contributed by atoms with van der Waals surface area (Å²) >= 11 is 2.09. The SMILES string of the molecule is C=CCN(CC(O)Cc1ccccc1)C(=O)c1cc(I)ccc1O. The minimum Gasteiger partial charge on any atom is -0.507 e. The number of phenols is 1. The van der Waals surface area contributed by atoms with E-state index in [0.717, 1.165) is 9.13 Å². The zero-order valence-corrected chi connectivity index (χ0v) is 15.4. The number of nitrogens with zero attached hydrogens (tertiary/aromatic N) is 1. The lowest BCUT2D eigenvalue weighted by atomic mass is 10.1. The van der Waals surface area contributed by atoms with Gasteiger partial charge >= 0.3 is 0 Å². The number of benzene rings is 2. The van der Waals surface area contributed by atoms with Crippen molar-refractivity contribution in [3.8, 4) is 5.75 Å². The minimum atomic E-state index is -0.693. The third kappa shape index (κ3) is 5.07. The van der Waals surface area contributed by atoms with Crippen molar-refractivity contribution in [3.05, 3.63) is 75.9 Å². The van der Waals surface area contributed by atoms with E-state index in [1.807, 2.05) is 30.3 Å². The number of hydrogen-bond acceptors (Lipinski definition) is 3. The zero-order valence-electron chi connectivity index (χ0n) is 13.2. The van der Waals surface area contributed by atoms with E-state index in [0.29, 0.717) is 13.0 Å². The van der Waals surface area contributed by atoms with Gasteiger partial charge in [0.15, 0.2) is 0 Å². The second-order valence-corrected chi connectivity index (χ2v) is 6.75. The molecule has 2 N–H and O–H groups in total. The molecular weight excluding hydrogens is 417 g/mol. The molecule has 0 heterocycles. The zero-order chi connectivity index (χ0) is 17.5. The first-order valence-electron chi connectivity index (χ1n) is 7.62. The highest BCUT2D eigenvalue weighted by molar-refractivity contribution is 14.1. The molecule has 2 aromatic rings. The normalized spacial score (nSPS) is 11.8. The van der Waals surface area contributed by atoms with Gasteiger partial charge in [0.25, 0.3) is 5.91 Å². The molecule has 0 spiro atoms. The van der Waals surface area contributed by atoms with E-state index >= 15 is 0 Å². The lowest BCUT2D eigenvalue weighted by Gasteiger charge is -2.24. The Balaban J connectivity index is 2.11. The summed E-state index contributed by atoms with van der Waals surface area (Å²) in [7, 11) is 0. The first kappa shape index (κ1) is 18.5. The molecule has 0 aromatic heterocycles. The first-order valence-corrected chi connectivity index (χ1v) is 8.69. The van der Waals surface area contributed by atoms with Crippen LogP contribution >= 0.6 is 22.6 Å². The second kappa shape index (κ2) is 8.84. The topological polar surface area (TPSA) is 60.8 Å². The van der Waals surface area contributed by atoms with Crippen molar-refractivity contribution in [2.24, 2.45) is 0 Å². The molecule has 0 saturated carbocycles. The van der Waals surface area contributed by atoms with Crippen LogP contribution in [0.4, 0.5) is 0 Å². The number of halogens is 1. The van der Waals surface area contributed by atoms with Gasteiger partial charge in [-0.05, 0) is 46.4 Å². The number of aromatic hydroxyl groups is 1. The molecule has 0 aliphatic heterocycles. The van der Waals surface area contributed by atoms with Crippen LogP contribution in [0.15, 0.2) is 61.2 Å². The Morgan fingerprint density at radius 3 is 2.62 bits per heavy atom. The third-order valence-electron chi connectivity index (χ3n) is 3.57. The lowest BCUT2D eigenvalue weighted by molar-refractivity contribution is 0.0647. The first-order chi connectivity index (χ1) is 11.5. The van der Waals surface area contributed by atoms with Crippen molar-refractivity contribution in [1.82, 2.24) is 4.90 Å². The smallest absolute Gasteiger partial charge is 0.258 e. The van der Waals surface area contributed by atoms with E-state index in [-0.39, 0.29) is 23.8 Å². The third-order valence-corrected chi connectivity index (χ3v) is 4.24. The molecule has 0 bridgehead atoms. The van der Waals surface area contributed by atoms with Gasteiger partial charge in [-0.15, -0.1) is 6.58 Å². The number of carbonyl (C=O) groups is 1. The van der Waals surface area contributed by atoms with Crippen LogP contribution in [0.25, 0.3) is 0 Å². The number of rotatable bonds is 7. The van der Waals surface area contributed by atoms with Gasteiger partial charge in [0.1, 0.15) is 5.75 Å². The number of phenolic OH excluding ortho intramolecular Hbond substituents is 1. The van der Waals surface area contributed by atoms with E-state index in [4.69, 9.17) is 0 Å². The molecule has 1 atom stereocenters. The summed E-state index contributed by atoms with van der Waals surface area (Å²) in [6.07, 6.45) is 1.37. The predicted octanol–water partition coefficient (Wildman–Crippen LogP) is 3.23. The number of hydrogen-bond donors (Lipinski definition) is 2. The maximum Gasteiger partial charge on any atom is 0.258 e. The summed E-state index contributed by atoms with van der Waals surface area (Å²) in [5, 5.41) is 20.3. The molecule has 0 fully saturated rings. The summed E-state index contributed by atoms with van der Waals surface area (Å²) in [6.45, 7) is 4.14. The quantitative estimate of drug-likeness (QED) is 0.517. The molecule has 0 radical (unpaired) electrons. The van der Waals surface area contributed by atoms with Crippen LogP contribution in [0.2, 0.25) is 0 Å². The average molecular weight is 437 g/mol. The van der Waals surface area contributed by atoms with Crippen LogP contribution in [0, 0.1) is 3.57 Å². The molecule has 2 aromatic carbocycles. The van der Waals surface area contributed by atoms with Gasteiger partial charge in [0.05, 0.1) is 11.7 Å². The van der Waals surface area contributed by atoms with Crippen LogP contribution in [-0.4, -0.2) is 40.2 Å². The fourth-order valence-corrected chi connectivity index (χ4v) is 2.94. The molecule has 4 nitrogen and oxygen atoms in total. The maximum atomic E-state index is 12.7. The molecule has 0 aliphatic rings. The Morgan fingerprint density at radius 1 is 1.25 bits per heavy atom. The fraction of sp³-hybridized carbons (Fsp3) is 0.211. The van der Waals surface area contributed by atoms with Gasteiger partial charge in [-0.25, -0.2) is 0 Å². The fourth-order valence-electron chi connectivity index (χ4n) is 2.45. The standard InChI is InChI=1S/C19H20INO3/c1-2-10-21(13-16(22)11-14-6-4-3-5-7-14)19(24)17-12-15(20)8-9-18(17)23/h2-9,12,16,22-23H,1,10-11,13H2. The second-order valence-electron chi connectivity index (χ2n) is 5.50. The van der Waals surface area contributed by atoms with Gasteiger partial charge in [0.2, 0.25) is 0 Å². The predicted molar refractivity (Wildman–Crippen MR) is 103 cm³/mol. The Morgan fingerprint density at radius 2 is 1.96 bits per heavy atom. The van der Waals surface area contributed by atoms with Gasteiger partial charge < -0.3 is 15.1 Å². The largest absolute Gasteiger partial charge is 0.507 e. The molecule has 0 aliphatic carbocycles. The lowest BCUT2D eigenvalue weighted by Crippen LogP contribution is -2.38. The van der Waals surface area contributed by atoms with Crippen molar-refractivity contribution in [1.29, 1.82) is 0 Å². The van der Waals surface area contributed by atoms with Gasteiger partial charge in [-0.1, -0.05) is 36.4 Å². The highest BCUT2D eigenvalue weighted by Crippen LogP contribution is 2.21.